The van der Waals surface area contributed by atoms with Crippen molar-refractivity contribution in [3.63, 3.8) is 0 Å². The van der Waals surface area contributed by atoms with Crippen LogP contribution in [0.2, 0.25) is 10.0 Å². The summed E-state index contributed by atoms with van der Waals surface area (Å²) in [6.07, 6.45) is 5.41. The van der Waals surface area contributed by atoms with Crippen molar-refractivity contribution in [3.8, 4) is 0 Å². The van der Waals surface area contributed by atoms with Crippen LogP contribution in [0.4, 0.5) is 0 Å². The predicted molar refractivity (Wildman–Crippen MR) is 78.2 cm³/mol. The van der Waals surface area contributed by atoms with E-state index in [1.807, 2.05) is 18.2 Å². The van der Waals surface area contributed by atoms with Gasteiger partial charge in [0.2, 0.25) is 0 Å². The quantitative estimate of drug-likeness (QED) is 0.749. The van der Waals surface area contributed by atoms with E-state index in [-0.39, 0.29) is 6.04 Å². The van der Waals surface area contributed by atoms with Gasteiger partial charge in [0, 0.05) is 12.6 Å². The molecular weight excluding hydrogens is 267 g/mol. The SMILES string of the molecule is NCC(NCCCC1CC1)c1ccc(Cl)c(Cl)c1. The lowest BCUT2D eigenvalue weighted by atomic mass is 10.1. The van der Waals surface area contributed by atoms with E-state index in [1.165, 1.54) is 25.7 Å². The average Bonchev–Trinajstić information content (AvgIpc) is 3.17. The van der Waals surface area contributed by atoms with Crippen LogP contribution < -0.4 is 11.1 Å². The van der Waals surface area contributed by atoms with Crippen molar-refractivity contribution in [3.05, 3.63) is 33.8 Å². The van der Waals surface area contributed by atoms with Gasteiger partial charge in [-0.05, 0) is 43.0 Å². The monoisotopic (exact) mass is 286 g/mol. The van der Waals surface area contributed by atoms with Gasteiger partial charge in [-0.1, -0.05) is 42.1 Å². The van der Waals surface area contributed by atoms with Crippen molar-refractivity contribution in [2.24, 2.45) is 11.7 Å². The van der Waals surface area contributed by atoms with Crippen LogP contribution in [0.15, 0.2) is 18.2 Å². The Balaban J connectivity index is 1.83. The zero-order valence-electron chi connectivity index (χ0n) is 10.5. The van der Waals surface area contributed by atoms with Crippen LogP contribution in [0, 0.1) is 5.92 Å². The zero-order chi connectivity index (χ0) is 13.0. The summed E-state index contributed by atoms with van der Waals surface area (Å²) in [6.45, 7) is 1.58. The van der Waals surface area contributed by atoms with Crippen LogP contribution >= 0.6 is 23.2 Å². The van der Waals surface area contributed by atoms with Gasteiger partial charge in [0.1, 0.15) is 0 Å². The first-order valence-electron chi connectivity index (χ1n) is 6.59. The number of halogens is 2. The molecule has 100 valence electrons. The van der Waals surface area contributed by atoms with Crippen LogP contribution in [-0.4, -0.2) is 13.1 Å². The Kier molecular flexibility index (Phi) is 5.31. The molecule has 3 N–H and O–H groups in total. The summed E-state index contributed by atoms with van der Waals surface area (Å²) < 4.78 is 0. The number of rotatable bonds is 7. The molecule has 18 heavy (non-hydrogen) atoms. The molecule has 4 heteroatoms. The van der Waals surface area contributed by atoms with Crippen molar-refractivity contribution in [2.45, 2.75) is 31.7 Å². The molecular formula is C14H20Cl2N2. The normalized spacial score (nSPS) is 16.8. The molecule has 1 aromatic carbocycles. The number of hydrogen-bond donors (Lipinski definition) is 2. The lowest BCUT2D eigenvalue weighted by Crippen LogP contribution is -2.29. The molecule has 1 aliphatic rings. The van der Waals surface area contributed by atoms with E-state index in [0.717, 1.165) is 18.0 Å². The van der Waals surface area contributed by atoms with Crippen molar-refractivity contribution >= 4 is 23.2 Å². The molecule has 0 aromatic heterocycles. The van der Waals surface area contributed by atoms with E-state index in [1.54, 1.807) is 0 Å². The second-order valence-electron chi connectivity index (χ2n) is 5.00. The molecule has 0 saturated heterocycles. The third kappa shape index (κ3) is 4.13. The molecule has 2 rings (SSSR count). The molecule has 1 fully saturated rings. The van der Waals surface area contributed by atoms with E-state index >= 15 is 0 Å². The fourth-order valence-electron chi connectivity index (χ4n) is 2.14. The highest BCUT2D eigenvalue weighted by Crippen LogP contribution is 2.33. The number of benzene rings is 1. The van der Waals surface area contributed by atoms with Crippen LogP contribution in [0.5, 0.6) is 0 Å². The van der Waals surface area contributed by atoms with E-state index in [9.17, 15) is 0 Å². The van der Waals surface area contributed by atoms with Gasteiger partial charge in [0.25, 0.3) is 0 Å². The van der Waals surface area contributed by atoms with Crippen molar-refractivity contribution in [1.29, 1.82) is 0 Å². The number of nitrogens with one attached hydrogen (secondary N) is 1. The Morgan fingerprint density at radius 3 is 2.67 bits per heavy atom. The van der Waals surface area contributed by atoms with Gasteiger partial charge in [-0.3, -0.25) is 0 Å². The topological polar surface area (TPSA) is 38.0 Å². The largest absolute Gasteiger partial charge is 0.329 e. The molecule has 1 saturated carbocycles. The smallest absolute Gasteiger partial charge is 0.0595 e. The summed E-state index contributed by atoms with van der Waals surface area (Å²) in [5, 5.41) is 4.67. The third-order valence-electron chi connectivity index (χ3n) is 3.46. The van der Waals surface area contributed by atoms with Gasteiger partial charge >= 0.3 is 0 Å². The maximum absolute atomic E-state index is 6.03. The first-order valence-corrected chi connectivity index (χ1v) is 7.34. The Hall–Kier alpha value is -0.280. The maximum atomic E-state index is 6.03. The Morgan fingerprint density at radius 1 is 1.28 bits per heavy atom. The molecule has 0 spiro atoms. The molecule has 1 atom stereocenters. The third-order valence-corrected chi connectivity index (χ3v) is 4.20. The molecule has 1 aromatic rings. The summed E-state index contributed by atoms with van der Waals surface area (Å²) in [4.78, 5) is 0. The first kappa shape index (κ1) is 14.1. The highest BCUT2D eigenvalue weighted by atomic mass is 35.5. The van der Waals surface area contributed by atoms with Gasteiger partial charge in [0.15, 0.2) is 0 Å². The Morgan fingerprint density at radius 2 is 2.06 bits per heavy atom. The van der Waals surface area contributed by atoms with E-state index < -0.39 is 0 Å². The molecule has 0 aliphatic heterocycles. The Labute approximate surface area is 119 Å². The van der Waals surface area contributed by atoms with E-state index in [4.69, 9.17) is 28.9 Å². The fourth-order valence-corrected chi connectivity index (χ4v) is 2.45. The van der Waals surface area contributed by atoms with Crippen LogP contribution in [-0.2, 0) is 0 Å². The lowest BCUT2D eigenvalue weighted by molar-refractivity contribution is 0.512. The van der Waals surface area contributed by atoms with Gasteiger partial charge in [-0.15, -0.1) is 0 Å². The van der Waals surface area contributed by atoms with Crippen LogP contribution in [0.25, 0.3) is 0 Å². The van der Waals surface area contributed by atoms with Crippen molar-refractivity contribution < 1.29 is 0 Å². The molecule has 0 amide bonds. The Bertz CT molecular complexity index is 391. The highest BCUT2D eigenvalue weighted by Gasteiger charge is 2.20. The summed E-state index contributed by atoms with van der Waals surface area (Å²) >= 11 is 11.9. The summed E-state index contributed by atoms with van der Waals surface area (Å²) in [5.74, 6) is 0.994. The fraction of sp³-hybridized carbons (Fsp3) is 0.571. The van der Waals surface area contributed by atoms with Gasteiger partial charge in [0.05, 0.1) is 10.0 Å². The maximum Gasteiger partial charge on any atom is 0.0595 e. The van der Waals surface area contributed by atoms with Gasteiger partial charge in [-0.2, -0.15) is 0 Å². The molecule has 0 radical (unpaired) electrons. The average molecular weight is 287 g/mol. The summed E-state index contributed by atoms with van der Waals surface area (Å²) in [6, 6.07) is 5.88. The molecule has 2 nitrogen and oxygen atoms in total. The zero-order valence-corrected chi connectivity index (χ0v) is 12.0. The minimum atomic E-state index is 0.166. The number of nitrogens with two attached hydrogens (primary N) is 1. The first-order chi connectivity index (χ1) is 8.70. The van der Waals surface area contributed by atoms with Gasteiger partial charge < -0.3 is 11.1 Å². The van der Waals surface area contributed by atoms with E-state index in [0.29, 0.717) is 16.6 Å². The minimum Gasteiger partial charge on any atom is -0.329 e. The molecule has 0 bridgehead atoms. The lowest BCUT2D eigenvalue weighted by Gasteiger charge is -2.17. The molecule has 0 heterocycles. The summed E-state index contributed by atoms with van der Waals surface area (Å²) in [7, 11) is 0. The van der Waals surface area contributed by atoms with E-state index in [2.05, 4.69) is 5.32 Å². The van der Waals surface area contributed by atoms with Crippen LogP contribution in [0.1, 0.15) is 37.3 Å². The van der Waals surface area contributed by atoms with Crippen molar-refractivity contribution in [1.82, 2.24) is 5.32 Å². The van der Waals surface area contributed by atoms with Crippen LogP contribution in [0.3, 0.4) is 0 Å². The summed E-state index contributed by atoms with van der Waals surface area (Å²) in [5.41, 5.74) is 6.92. The second kappa shape index (κ2) is 6.76. The molecule has 1 unspecified atom stereocenters. The molecule has 1 aliphatic carbocycles. The minimum absolute atomic E-state index is 0.166. The highest BCUT2D eigenvalue weighted by molar-refractivity contribution is 6.42. The van der Waals surface area contributed by atoms with Gasteiger partial charge in [-0.25, -0.2) is 0 Å². The van der Waals surface area contributed by atoms with Crippen molar-refractivity contribution in [2.75, 3.05) is 13.1 Å². The number of hydrogen-bond acceptors (Lipinski definition) is 2. The predicted octanol–water partition coefficient (Wildman–Crippen LogP) is 3.77. The standard InChI is InChI=1S/C14H20Cl2N2/c15-12-6-5-11(8-13(12)16)14(9-17)18-7-1-2-10-3-4-10/h5-6,8,10,14,18H,1-4,7,9,17H2. The second-order valence-corrected chi connectivity index (χ2v) is 5.82.